The molecule has 3 N–H and O–H groups in total. The quantitative estimate of drug-likeness (QED) is 0.662. The predicted molar refractivity (Wildman–Crippen MR) is 81.8 cm³/mol. The van der Waals surface area contributed by atoms with Gasteiger partial charge in [-0.15, -0.1) is 0 Å². The Morgan fingerprint density at radius 3 is 2.82 bits per heavy atom. The van der Waals surface area contributed by atoms with Crippen molar-refractivity contribution in [2.24, 2.45) is 11.7 Å². The first kappa shape index (κ1) is 15.8. The van der Waals surface area contributed by atoms with Crippen LogP contribution in [0.25, 0.3) is 0 Å². The third kappa shape index (κ3) is 3.80. The van der Waals surface area contributed by atoms with Crippen LogP contribution < -0.4 is 10.5 Å². The van der Waals surface area contributed by atoms with Gasteiger partial charge in [-0.1, -0.05) is 19.3 Å². The molecular formula is C16H22BFNO3. The Balaban J connectivity index is 1.64. The molecule has 2 unspecified atom stereocenters. The highest BCUT2D eigenvalue weighted by Crippen LogP contribution is 2.34. The van der Waals surface area contributed by atoms with E-state index in [4.69, 9.17) is 15.1 Å². The number of hydrogen-bond acceptors (Lipinski definition) is 4. The van der Waals surface area contributed by atoms with Crippen LogP contribution in [0, 0.1) is 11.7 Å². The van der Waals surface area contributed by atoms with Crippen LogP contribution in [0.3, 0.4) is 0 Å². The van der Waals surface area contributed by atoms with Crippen molar-refractivity contribution in [1.82, 2.24) is 0 Å². The Hall–Kier alpha value is -1.11. The SMILES string of the molecule is NC1(O)CC(c2cc(OCC3CCCCC3)ccc2F)[B]O1. The Bertz CT molecular complexity index is 520. The second-order valence-corrected chi connectivity index (χ2v) is 6.41. The number of aliphatic hydroxyl groups is 1. The minimum Gasteiger partial charge on any atom is -0.493 e. The fraction of sp³-hybridized carbons (Fsp3) is 0.625. The number of ether oxygens (including phenoxy) is 1. The van der Waals surface area contributed by atoms with Crippen molar-refractivity contribution in [3.63, 3.8) is 0 Å². The van der Waals surface area contributed by atoms with Gasteiger partial charge in [0.25, 0.3) is 0 Å². The van der Waals surface area contributed by atoms with Gasteiger partial charge in [-0.25, -0.2) is 4.39 Å². The third-order valence-electron chi connectivity index (χ3n) is 4.53. The van der Waals surface area contributed by atoms with Crippen LogP contribution >= 0.6 is 0 Å². The van der Waals surface area contributed by atoms with E-state index < -0.39 is 5.91 Å². The normalized spacial score (nSPS) is 29.3. The molecule has 0 amide bonds. The summed E-state index contributed by atoms with van der Waals surface area (Å²) in [5, 5.41) is 9.63. The van der Waals surface area contributed by atoms with E-state index in [0.717, 1.165) is 0 Å². The highest BCUT2D eigenvalue weighted by Gasteiger charge is 2.38. The Kier molecular flexibility index (Phi) is 4.71. The van der Waals surface area contributed by atoms with E-state index in [0.29, 0.717) is 23.8 Å². The van der Waals surface area contributed by atoms with Crippen LogP contribution in [-0.4, -0.2) is 25.1 Å². The van der Waals surface area contributed by atoms with Gasteiger partial charge in [0.1, 0.15) is 11.6 Å². The molecule has 0 bridgehead atoms. The highest BCUT2D eigenvalue weighted by molar-refractivity contribution is 6.31. The zero-order valence-corrected chi connectivity index (χ0v) is 12.6. The molecule has 2 aliphatic rings. The lowest BCUT2D eigenvalue weighted by Gasteiger charge is -2.22. The van der Waals surface area contributed by atoms with E-state index in [1.165, 1.54) is 45.7 Å². The lowest BCUT2D eigenvalue weighted by Crippen LogP contribution is -2.38. The summed E-state index contributed by atoms with van der Waals surface area (Å²) in [6.45, 7) is 0.677. The van der Waals surface area contributed by atoms with Gasteiger partial charge in [-0.2, -0.15) is 0 Å². The van der Waals surface area contributed by atoms with Crippen LogP contribution in [0.2, 0.25) is 0 Å². The lowest BCUT2D eigenvalue weighted by molar-refractivity contribution is -0.119. The maximum Gasteiger partial charge on any atom is 0.306 e. The smallest absolute Gasteiger partial charge is 0.306 e. The van der Waals surface area contributed by atoms with E-state index in [2.05, 4.69) is 0 Å². The van der Waals surface area contributed by atoms with Gasteiger partial charge in [0.05, 0.1) is 6.61 Å². The summed E-state index contributed by atoms with van der Waals surface area (Å²) in [5.74, 6) is -1.17. The van der Waals surface area contributed by atoms with Crippen molar-refractivity contribution in [1.29, 1.82) is 0 Å². The highest BCUT2D eigenvalue weighted by atomic mass is 19.1. The molecule has 1 aromatic rings. The van der Waals surface area contributed by atoms with Crippen molar-refractivity contribution in [3.8, 4) is 5.75 Å². The average molecular weight is 306 g/mol. The van der Waals surface area contributed by atoms with Crippen LogP contribution in [0.4, 0.5) is 4.39 Å². The zero-order valence-electron chi connectivity index (χ0n) is 12.6. The molecule has 0 spiro atoms. The van der Waals surface area contributed by atoms with Crippen molar-refractivity contribution in [2.45, 2.75) is 50.3 Å². The third-order valence-corrected chi connectivity index (χ3v) is 4.53. The van der Waals surface area contributed by atoms with E-state index in [-0.39, 0.29) is 18.1 Å². The minimum absolute atomic E-state index is 0.135. The van der Waals surface area contributed by atoms with Gasteiger partial charge < -0.3 is 14.5 Å². The molecular weight excluding hydrogens is 284 g/mol. The van der Waals surface area contributed by atoms with Crippen molar-refractivity contribution >= 4 is 7.48 Å². The Labute approximate surface area is 131 Å². The molecule has 6 heteroatoms. The average Bonchev–Trinajstić information content (AvgIpc) is 2.87. The maximum atomic E-state index is 14.0. The summed E-state index contributed by atoms with van der Waals surface area (Å²) in [5.41, 5.74) is 5.94. The number of nitrogens with two attached hydrogens (primary N) is 1. The lowest BCUT2D eigenvalue weighted by atomic mass is 9.75. The number of hydrogen-bond donors (Lipinski definition) is 2. The number of rotatable bonds is 4. The molecule has 2 atom stereocenters. The van der Waals surface area contributed by atoms with Gasteiger partial charge in [-0.05, 0) is 48.3 Å². The molecule has 119 valence electrons. The first-order valence-electron chi connectivity index (χ1n) is 7.98. The molecule has 1 radical (unpaired) electrons. The molecule has 2 fully saturated rings. The Morgan fingerprint density at radius 2 is 2.14 bits per heavy atom. The second-order valence-electron chi connectivity index (χ2n) is 6.41. The zero-order chi connectivity index (χ0) is 15.6. The molecule has 1 saturated heterocycles. The summed E-state index contributed by atoms with van der Waals surface area (Å²) >= 11 is 0. The first-order chi connectivity index (χ1) is 10.5. The topological polar surface area (TPSA) is 64.7 Å². The maximum absolute atomic E-state index is 14.0. The molecule has 0 aromatic heterocycles. The van der Waals surface area contributed by atoms with E-state index in [9.17, 15) is 9.50 Å². The number of halogens is 1. The Morgan fingerprint density at radius 1 is 1.36 bits per heavy atom. The molecule has 1 saturated carbocycles. The molecule has 1 aromatic carbocycles. The largest absolute Gasteiger partial charge is 0.493 e. The van der Waals surface area contributed by atoms with Gasteiger partial charge in [-0.3, -0.25) is 5.73 Å². The van der Waals surface area contributed by atoms with Crippen LogP contribution in [0.1, 0.15) is 49.9 Å². The van der Waals surface area contributed by atoms with Crippen LogP contribution in [-0.2, 0) is 4.65 Å². The fourth-order valence-corrected chi connectivity index (χ4v) is 3.26. The van der Waals surface area contributed by atoms with Gasteiger partial charge in [0.2, 0.25) is 5.91 Å². The van der Waals surface area contributed by atoms with E-state index in [1.807, 2.05) is 0 Å². The van der Waals surface area contributed by atoms with Crippen LogP contribution in [0.15, 0.2) is 18.2 Å². The van der Waals surface area contributed by atoms with Crippen molar-refractivity contribution < 1.29 is 18.9 Å². The van der Waals surface area contributed by atoms with Crippen molar-refractivity contribution in [3.05, 3.63) is 29.6 Å². The first-order valence-corrected chi connectivity index (χ1v) is 7.98. The molecule has 22 heavy (non-hydrogen) atoms. The van der Waals surface area contributed by atoms with Crippen LogP contribution in [0.5, 0.6) is 5.75 Å². The molecule has 4 nitrogen and oxygen atoms in total. The van der Waals surface area contributed by atoms with Gasteiger partial charge in [0, 0.05) is 6.42 Å². The monoisotopic (exact) mass is 306 g/mol. The number of benzene rings is 1. The van der Waals surface area contributed by atoms with Gasteiger partial charge in [0.15, 0.2) is 0 Å². The molecule has 1 aliphatic heterocycles. The van der Waals surface area contributed by atoms with E-state index >= 15 is 0 Å². The summed E-state index contributed by atoms with van der Waals surface area (Å²) in [4.78, 5) is 0. The minimum atomic E-state index is -1.71. The fourth-order valence-electron chi connectivity index (χ4n) is 3.26. The summed E-state index contributed by atoms with van der Waals surface area (Å²) in [7, 11) is 1.39. The molecule has 1 heterocycles. The summed E-state index contributed by atoms with van der Waals surface area (Å²) in [6, 6.07) is 4.73. The second kappa shape index (κ2) is 6.56. The summed E-state index contributed by atoms with van der Waals surface area (Å²) < 4.78 is 24.8. The summed E-state index contributed by atoms with van der Waals surface area (Å²) in [6.07, 6.45) is 6.40. The van der Waals surface area contributed by atoms with Gasteiger partial charge >= 0.3 is 7.48 Å². The molecule has 1 aliphatic carbocycles. The molecule has 3 rings (SSSR count). The van der Waals surface area contributed by atoms with E-state index in [1.54, 1.807) is 12.1 Å². The van der Waals surface area contributed by atoms with Crippen molar-refractivity contribution in [2.75, 3.05) is 6.61 Å². The predicted octanol–water partition coefficient (Wildman–Crippen LogP) is 2.47. The standard InChI is InChI=1S/C16H22BFNO3/c18-15-7-6-12(21-10-11-4-2-1-3-5-11)8-13(15)14-9-16(19,20)22-17-14/h6-8,11,14,20H,1-5,9-10,19H2.